The van der Waals surface area contributed by atoms with E-state index in [1.165, 1.54) is 109 Å². The molecule has 0 spiro atoms. The van der Waals surface area contributed by atoms with Crippen molar-refractivity contribution in [2.45, 2.75) is 394 Å². The predicted octanol–water partition coefficient (Wildman–Crippen LogP) is 27.1. The molecule has 0 heterocycles. The first kappa shape index (κ1) is 81.1. The van der Waals surface area contributed by atoms with Gasteiger partial charge in [-0.2, -0.15) is 0 Å². The molecule has 5 heteroatoms. The molecule has 8 atom stereocenters. The first-order chi connectivity index (χ1) is 37.4. The second-order valence-electron chi connectivity index (χ2n) is 34.0. The van der Waals surface area contributed by atoms with E-state index in [1.807, 2.05) is 0 Å². The van der Waals surface area contributed by atoms with Crippen molar-refractivity contribution in [2.24, 2.45) is 88.8 Å². The van der Waals surface area contributed by atoms with Crippen LogP contribution in [0.5, 0.6) is 0 Å². The third-order valence-corrected chi connectivity index (χ3v) is 97.1. The van der Waals surface area contributed by atoms with E-state index in [1.54, 1.807) is 112 Å². The van der Waals surface area contributed by atoms with Crippen molar-refractivity contribution in [3.8, 4) is 0 Å². The van der Waals surface area contributed by atoms with Gasteiger partial charge in [0.25, 0.3) is 0 Å². The standard InChI is InChI=1S/C75H160Si5/c1-61(2)31-26-36-71(21)43-53-76(51-41-66(11)12)78(55-45-68(15)16,57-48-73(23)38-28-33-63(5)6)80(59-47-70(19)20,60-50-75(25)40-30-35-65(9)10)79(56-46-69(17)18,58-49-74(24)39-29-34-64(7)8)77(52-42-67(13)14)54-44-72(22)37-27-32-62(3)4/h61-75H,26-60H2,1-25H3/t71-,72-,73-,74?,75-,78?,79?,80?/m0/s1. The van der Waals surface area contributed by atoms with Crippen LogP contribution in [0, 0.1) is 88.8 Å². The third-order valence-electron chi connectivity index (χ3n) is 21.1. The van der Waals surface area contributed by atoms with Crippen molar-refractivity contribution in [3.05, 3.63) is 0 Å². The Hall–Kier alpha value is 1.08. The molecule has 480 valence electrons. The Morgan fingerprint density at radius 3 is 0.625 bits per heavy atom. The number of rotatable bonds is 54. The zero-order valence-corrected chi connectivity index (χ0v) is 65.9. The van der Waals surface area contributed by atoms with Crippen molar-refractivity contribution in [1.29, 1.82) is 0 Å². The van der Waals surface area contributed by atoms with Gasteiger partial charge in [0.05, 0.1) is 0 Å². The average molecular weight is 1200 g/mol. The average Bonchev–Trinajstić information content (AvgIpc) is 3.34. The van der Waals surface area contributed by atoms with Gasteiger partial charge in [-0.3, -0.25) is 0 Å². The van der Waals surface area contributed by atoms with Crippen LogP contribution in [0.2, 0.25) is 60.4 Å². The molecule has 0 aliphatic rings. The second-order valence-corrected chi connectivity index (χ2v) is 73.8. The summed E-state index contributed by atoms with van der Waals surface area (Å²) in [5.74, 6) is 12.7. The van der Waals surface area contributed by atoms with E-state index < -0.39 is 38.0 Å². The van der Waals surface area contributed by atoms with Gasteiger partial charge < -0.3 is 0 Å². The van der Waals surface area contributed by atoms with Gasteiger partial charge >= 0.3 is 0 Å². The molecule has 0 aliphatic heterocycles. The molecule has 0 amide bonds. The molecule has 0 N–H and O–H groups in total. The maximum Gasteiger partial charge on any atom is 0.0378 e. The molecule has 0 rings (SSSR count). The molecule has 0 nitrogen and oxygen atoms in total. The monoisotopic (exact) mass is 1200 g/mol. The summed E-state index contributed by atoms with van der Waals surface area (Å²) in [4.78, 5) is 0. The van der Waals surface area contributed by atoms with E-state index >= 15 is 0 Å². The maximum absolute atomic E-state index is 2.83. The highest BCUT2D eigenvalue weighted by Crippen LogP contribution is 2.54. The van der Waals surface area contributed by atoms with Crippen molar-refractivity contribution in [2.75, 3.05) is 0 Å². The molecule has 0 aliphatic carbocycles. The molecule has 0 bridgehead atoms. The van der Waals surface area contributed by atoms with Gasteiger partial charge in [0.1, 0.15) is 0 Å². The summed E-state index contributed by atoms with van der Waals surface area (Å²) in [7, 11) is -7.19. The van der Waals surface area contributed by atoms with Crippen molar-refractivity contribution in [3.63, 3.8) is 0 Å². The summed E-state index contributed by atoms with van der Waals surface area (Å²) in [6.45, 7) is 65.8. The Morgan fingerprint density at radius 2 is 0.375 bits per heavy atom. The van der Waals surface area contributed by atoms with Crippen LogP contribution in [0.15, 0.2) is 0 Å². The van der Waals surface area contributed by atoms with E-state index in [2.05, 4.69) is 173 Å². The number of hydrogen-bond donors (Lipinski definition) is 0. The van der Waals surface area contributed by atoms with E-state index in [9.17, 15) is 0 Å². The Kier molecular flexibility index (Phi) is 46.0. The highest BCUT2D eigenvalue weighted by Gasteiger charge is 2.68. The lowest BCUT2D eigenvalue weighted by atomic mass is 9.98. The van der Waals surface area contributed by atoms with Gasteiger partial charge in [-0.1, -0.05) is 394 Å². The van der Waals surface area contributed by atoms with Crippen molar-refractivity contribution in [1.82, 2.24) is 0 Å². The summed E-state index contributed by atoms with van der Waals surface area (Å²) < 4.78 is 0. The minimum Gasteiger partial charge on any atom is -0.0628 e. The molecule has 0 aromatic carbocycles. The molecular formula is C75H160Si5. The molecule has 0 saturated heterocycles. The normalized spacial score (nSPS) is 17.2. The first-order valence-corrected chi connectivity index (χ1v) is 52.2. The van der Waals surface area contributed by atoms with Gasteiger partial charge in [0.15, 0.2) is 0 Å². The van der Waals surface area contributed by atoms with Crippen LogP contribution in [0.4, 0.5) is 0 Å². The fourth-order valence-electron chi connectivity index (χ4n) is 15.3. The molecular weight excluding hydrogens is 1040 g/mol. The largest absolute Gasteiger partial charge is 0.0628 e. The van der Waals surface area contributed by atoms with Gasteiger partial charge in [0, 0.05) is 38.0 Å². The predicted molar refractivity (Wildman–Crippen MR) is 386 cm³/mol. The molecule has 80 heavy (non-hydrogen) atoms. The lowest BCUT2D eigenvalue weighted by molar-refractivity contribution is 0.445. The lowest BCUT2D eigenvalue weighted by Gasteiger charge is -2.65. The zero-order chi connectivity index (χ0) is 61.1. The Morgan fingerprint density at radius 1 is 0.188 bits per heavy atom. The molecule has 4 unspecified atom stereocenters. The summed E-state index contributed by atoms with van der Waals surface area (Å²) in [6, 6.07) is 17.5. The fraction of sp³-hybridized carbons (Fsp3) is 1.00. The summed E-state index contributed by atoms with van der Waals surface area (Å²) in [5.41, 5.74) is 0. The van der Waals surface area contributed by atoms with E-state index in [-0.39, 0.29) is 0 Å². The van der Waals surface area contributed by atoms with Gasteiger partial charge in [-0.15, -0.1) is 0 Å². The van der Waals surface area contributed by atoms with E-state index in [4.69, 9.17) is 0 Å². The number of hydrogen-bond acceptors (Lipinski definition) is 0. The zero-order valence-electron chi connectivity index (χ0n) is 60.9. The highest BCUT2D eigenvalue weighted by molar-refractivity contribution is 7.89. The van der Waals surface area contributed by atoms with Crippen LogP contribution in [0.25, 0.3) is 0 Å². The van der Waals surface area contributed by atoms with Gasteiger partial charge in [0.2, 0.25) is 0 Å². The van der Waals surface area contributed by atoms with Crippen LogP contribution in [-0.4, -0.2) is 38.0 Å². The van der Waals surface area contributed by atoms with E-state index in [0.717, 1.165) is 88.8 Å². The smallest absolute Gasteiger partial charge is 0.0378 e. The van der Waals surface area contributed by atoms with Crippen molar-refractivity contribution < 1.29 is 0 Å². The lowest BCUT2D eigenvalue weighted by Crippen LogP contribution is -2.86. The van der Waals surface area contributed by atoms with Crippen LogP contribution in [0.1, 0.15) is 334 Å². The molecule has 2 radical (unpaired) electrons. The molecule has 0 aromatic rings. The van der Waals surface area contributed by atoms with Crippen LogP contribution >= 0.6 is 0 Å². The summed E-state index contributed by atoms with van der Waals surface area (Å²) in [5, 5.41) is 0. The molecule has 0 saturated carbocycles. The highest BCUT2D eigenvalue weighted by atomic mass is 29.9. The van der Waals surface area contributed by atoms with Crippen LogP contribution < -0.4 is 0 Å². The summed E-state index contributed by atoms with van der Waals surface area (Å²) in [6.07, 6.45) is 37.6. The maximum atomic E-state index is 2.83. The Bertz CT molecular complexity index is 1310. The van der Waals surface area contributed by atoms with Crippen LogP contribution in [-0.2, 0) is 0 Å². The molecule has 0 aromatic heterocycles. The Balaban J connectivity index is 9.89. The first-order valence-electron chi connectivity index (χ1n) is 37.1. The topological polar surface area (TPSA) is 0 Å². The minimum absolute atomic E-state index is 0.620. The van der Waals surface area contributed by atoms with Gasteiger partial charge in [-0.25, -0.2) is 0 Å². The molecule has 0 fully saturated rings. The van der Waals surface area contributed by atoms with Crippen LogP contribution in [0.3, 0.4) is 0 Å². The van der Waals surface area contributed by atoms with Crippen molar-refractivity contribution >= 4 is 38.0 Å². The fourth-order valence-corrected chi connectivity index (χ4v) is 131. The minimum atomic E-state index is -2.03. The quantitative estimate of drug-likeness (QED) is 0.0533. The summed E-state index contributed by atoms with van der Waals surface area (Å²) >= 11 is 0. The Labute approximate surface area is 517 Å². The second kappa shape index (κ2) is 45.4. The van der Waals surface area contributed by atoms with E-state index in [0.29, 0.717) is 0 Å². The van der Waals surface area contributed by atoms with Gasteiger partial charge in [-0.05, 0) is 88.8 Å². The third kappa shape index (κ3) is 35.2. The SMILES string of the molecule is CC(C)CCCC(C)CC[Si](CCC(C)C)([Si](CCC(C)C)CC[C@@H](C)CCCC(C)C)[Si](CCC(C)C)(CC[C@@H](C)CCCC(C)C)[Si](CCC(C)C)(CC[C@@H](C)CCCC(C)C)[Si](CCC(C)C)CC[C@@H](C)CCCC(C)C.